The summed E-state index contributed by atoms with van der Waals surface area (Å²) in [4.78, 5) is 31.4. The van der Waals surface area contributed by atoms with Crippen LogP contribution in [0.1, 0.15) is 59.9 Å². The number of hydrogen-bond acceptors (Lipinski definition) is 5. The highest BCUT2D eigenvalue weighted by molar-refractivity contribution is 6.30. The molecule has 0 unspecified atom stereocenters. The lowest BCUT2D eigenvalue weighted by Gasteiger charge is -2.22. The summed E-state index contributed by atoms with van der Waals surface area (Å²) < 4.78 is 7.35. The number of halogens is 1. The number of carbonyl (C=O) groups excluding carboxylic acids is 1. The van der Waals surface area contributed by atoms with Crippen LogP contribution in [0.2, 0.25) is 5.02 Å². The molecule has 180 valence electrons. The summed E-state index contributed by atoms with van der Waals surface area (Å²) in [6, 6.07) is 9.39. The van der Waals surface area contributed by atoms with E-state index in [2.05, 4.69) is 29.0 Å². The van der Waals surface area contributed by atoms with Crippen LogP contribution in [0.25, 0.3) is 16.7 Å². The van der Waals surface area contributed by atoms with Crippen LogP contribution < -0.4 is 10.5 Å². The maximum absolute atomic E-state index is 13.8. The zero-order chi connectivity index (χ0) is 24.5. The van der Waals surface area contributed by atoms with Gasteiger partial charge in [0.2, 0.25) is 5.65 Å². The van der Waals surface area contributed by atoms with E-state index in [1.165, 1.54) is 0 Å². The monoisotopic (exact) mass is 491 g/mol. The molecule has 9 heteroatoms. The van der Waals surface area contributed by atoms with Gasteiger partial charge in [-0.05, 0) is 61.2 Å². The fraction of sp³-hybridized carbons (Fsp3) is 0.385. The molecule has 1 fully saturated rings. The van der Waals surface area contributed by atoms with Crippen LogP contribution in [0, 0.1) is 6.92 Å². The Kier molecular flexibility index (Phi) is 5.02. The van der Waals surface area contributed by atoms with Gasteiger partial charge in [0.15, 0.2) is 0 Å². The van der Waals surface area contributed by atoms with Crippen molar-refractivity contribution in [3.05, 3.63) is 68.2 Å². The second kappa shape index (κ2) is 7.90. The standard InChI is InChI=1S/C26H26ClN5O3/c1-14-10-21-19(28-24(33)23-30-29-22(32(21)23)15-6-8-35-9-7-15)12-17(14)25(34)31-13-26(2,3)18-11-16(27)4-5-20(18)31/h4-5,10-12,15H,6-9,13H2,1-3H3,(H,28,33). The van der Waals surface area contributed by atoms with Gasteiger partial charge in [-0.2, -0.15) is 0 Å². The first-order chi connectivity index (χ1) is 16.7. The van der Waals surface area contributed by atoms with E-state index in [-0.39, 0.29) is 28.4 Å². The lowest BCUT2D eigenvalue weighted by Crippen LogP contribution is -2.34. The number of aryl methyl sites for hydroxylation is 1. The highest BCUT2D eigenvalue weighted by Gasteiger charge is 2.39. The van der Waals surface area contributed by atoms with Gasteiger partial charge in [-0.1, -0.05) is 25.4 Å². The normalized spacial score (nSPS) is 17.9. The van der Waals surface area contributed by atoms with Crippen molar-refractivity contribution >= 4 is 39.9 Å². The van der Waals surface area contributed by atoms with Crippen molar-refractivity contribution in [2.45, 2.75) is 44.9 Å². The Morgan fingerprint density at radius 2 is 1.94 bits per heavy atom. The Balaban J connectivity index is 1.48. The van der Waals surface area contributed by atoms with E-state index >= 15 is 0 Å². The molecule has 4 heterocycles. The van der Waals surface area contributed by atoms with Gasteiger partial charge >= 0.3 is 0 Å². The number of rotatable bonds is 2. The number of H-pyrrole nitrogens is 1. The summed E-state index contributed by atoms with van der Waals surface area (Å²) in [5, 5.41) is 9.22. The quantitative estimate of drug-likeness (QED) is 0.449. The number of nitrogens with zero attached hydrogens (tertiary/aromatic N) is 4. The third-order valence-corrected chi connectivity index (χ3v) is 7.55. The molecule has 0 radical (unpaired) electrons. The van der Waals surface area contributed by atoms with E-state index in [1.807, 2.05) is 40.5 Å². The molecule has 8 nitrogen and oxygen atoms in total. The number of aromatic amines is 1. The van der Waals surface area contributed by atoms with Crippen LogP contribution in [-0.4, -0.2) is 45.2 Å². The minimum Gasteiger partial charge on any atom is -0.381 e. The number of aromatic nitrogens is 4. The Morgan fingerprint density at radius 3 is 2.71 bits per heavy atom. The van der Waals surface area contributed by atoms with E-state index in [1.54, 1.807) is 6.07 Å². The van der Waals surface area contributed by atoms with Gasteiger partial charge in [0.1, 0.15) is 5.82 Å². The van der Waals surface area contributed by atoms with Crippen LogP contribution >= 0.6 is 11.6 Å². The van der Waals surface area contributed by atoms with E-state index in [0.29, 0.717) is 35.9 Å². The second-order valence-electron chi connectivity index (χ2n) is 10.2. The van der Waals surface area contributed by atoms with Crippen molar-refractivity contribution in [3.8, 4) is 0 Å². The molecule has 6 rings (SSSR count). The van der Waals surface area contributed by atoms with Gasteiger partial charge in [-0.3, -0.25) is 14.0 Å². The van der Waals surface area contributed by atoms with Crippen LogP contribution in [0.3, 0.4) is 0 Å². The highest BCUT2D eigenvalue weighted by Crippen LogP contribution is 2.42. The number of benzene rings is 2. The van der Waals surface area contributed by atoms with Gasteiger partial charge in [-0.25, -0.2) is 0 Å². The summed E-state index contributed by atoms with van der Waals surface area (Å²) in [7, 11) is 0. The number of amides is 1. The molecule has 35 heavy (non-hydrogen) atoms. The summed E-state index contributed by atoms with van der Waals surface area (Å²) in [6.45, 7) is 8.02. The summed E-state index contributed by atoms with van der Waals surface area (Å²) in [5.74, 6) is 0.832. The zero-order valence-electron chi connectivity index (χ0n) is 19.9. The molecule has 0 spiro atoms. The Hall–Kier alpha value is -3.23. The van der Waals surface area contributed by atoms with Gasteiger partial charge in [-0.15, -0.1) is 10.2 Å². The van der Waals surface area contributed by atoms with E-state index in [0.717, 1.165) is 41.0 Å². The summed E-state index contributed by atoms with van der Waals surface area (Å²) >= 11 is 6.25. The Morgan fingerprint density at radius 1 is 1.17 bits per heavy atom. The molecule has 0 bridgehead atoms. The van der Waals surface area contributed by atoms with Crippen molar-refractivity contribution < 1.29 is 9.53 Å². The Labute approximate surface area is 206 Å². The summed E-state index contributed by atoms with van der Waals surface area (Å²) in [5.41, 5.74) is 4.38. The van der Waals surface area contributed by atoms with Gasteiger partial charge in [0.25, 0.3) is 11.5 Å². The molecule has 0 saturated carbocycles. The average Bonchev–Trinajstić information content (AvgIpc) is 3.39. The third-order valence-electron chi connectivity index (χ3n) is 7.32. The SMILES string of the molecule is Cc1cc2c(cc1C(=O)N1CC(C)(C)c3cc(Cl)ccc31)[nH]c(=O)c1nnc(C3CCOCC3)n12. The number of ether oxygens (including phenoxy) is 1. The molecule has 2 aromatic carbocycles. The van der Waals surface area contributed by atoms with E-state index < -0.39 is 0 Å². The molecule has 1 N–H and O–H groups in total. The number of fused-ring (bicyclic) bond motifs is 4. The number of nitrogens with one attached hydrogen (secondary N) is 1. The Bertz CT molecular complexity index is 1570. The van der Waals surface area contributed by atoms with Crippen LogP contribution in [0.15, 0.2) is 35.1 Å². The number of carbonyl (C=O) groups is 1. The minimum atomic E-state index is -0.326. The smallest absolute Gasteiger partial charge is 0.294 e. The fourth-order valence-corrected chi connectivity index (χ4v) is 5.64. The van der Waals surface area contributed by atoms with Crippen molar-refractivity contribution in [1.29, 1.82) is 0 Å². The van der Waals surface area contributed by atoms with Crippen molar-refractivity contribution in [2.75, 3.05) is 24.7 Å². The maximum Gasteiger partial charge on any atom is 0.294 e. The molecular formula is C26H26ClN5O3. The first-order valence-corrected chi connectivity index (χ1v) is 12.2. The highest BCUT2D eigenvalue weighted by atomic mass is 35.5. The molecule has 2 aliphatic rings. The van der Waals surface area contributed by atoms with Crippen molar-refractivity contribution in [1.82, 2.24) is 19.6 Å². The average molecular weight is 492 g/mol. The van der Waals surface area contributed by atoms with Gasteiger partial charge < -0.3 is 14.6 Å². The summed E-state index contributed by atoms with van der Waals surface area (Å²) in [6.07, 6.45) is 1.66. The molecule has 0 aliphatic carbocycles. The molecule has 0 atom stereocenters. The lowest BCUT2D eigenvalue weighted by atomic mass is 9.87. The molecule has 2 aromatic heterocycles. The van der Waals surface area contributed by atoms with Gasteiger partial charge in [0.05, 0.1) is 11.0 Å². The molecular weight excluding hydrogens is 466 g/mol. The maximum atomic E-state index is 13.8. The lowest BCUT2D eigenvalue weighted by molar-refractivity contribution is 0.0834. The molecule has 1 saturated heterocycles. The van der Waals surface area contributed by atoms with Crippen molar-refractivity contribution in [2.24, 2.45) is 0 Å². The van der Waals surface area contributed by atoms with E-state index in [4.69, 9.17) is 16.3 Å². The number of hydrogen-bond donors (Lipinski definition) is 1. The largest absolute Gasteiger partial charge is 0.381 e. The topological polar surface area (TPSA) is 92.6 Å². The first-order valence-electron chi connectivity index (χ1n) is 11.9. The first kappa shape index (κ1) is 22.2. The minimum absolute atomic E-state index is 0.104. The van der Waals surface area contributed by atoms with Crippen LogP contribution in [0.5, 0.6) is 0 Å². The number of anilines is 1. The zero-order valence-corrected chi connectivity index (χ0v) is 20.6. The van der Waals surface area contributed by atoms with E-state index in [9.17, 15) is 9.59 Å². The molecule has 2 aliphatic heterocycles. The predicted octanol–water partition coefficient (Wildman–Crippen LogP) is 4.36. The molecule has 1 amide bonds. The van der Waals surface area contributed by atoms with Crippen molar-refractivity contribution in [3.63, 3.8) is 0 Å². The second-order valence-corrected chi connectivity index (χ2v) is 10.6. The fourth-order valence-electron chi connectivity index (χ4n) is 5.47. The predicted molar refractivity (Wildman–Crippen MR) is 135 cm³/mol. The molecule has 4 aromatic rings. The van der Waals surface area contributed by atoms with Crippen LogP contribution in [0.4, 0.5) is 5.69 Å². The van der Waals surface area contributed by atoms with Crippen LogP contribution in [-0.2, 0) is 10.2 Å². The van der Waals surface area contributed by atoms with Gasteiger partial charge in [0, 0.05) is 47.4 Å². The third kappa shape index (κ3) is 3.46.